The van der Waals surface area contributed by atoms with Gasteiger partial charge in [-0.2, -0.15) is 5.26 Å². The first-order chi connectivity index (χ1) is 16.7. The highest BCUT2D eigenvalue weighted by Crippen LogP contribution is 2.46. The number of carbonyl (C=O) groups excluding carboxylic acids is 2. The van der Waals surface area contributed by atoms with Crippen LogP contribution >= 0.6 is 0 Å². The number of carbonyl (C=O) groups is 2. The lowest BCUT2D eigenvalue weighted by Gasteiger charge is -2.35. The van der Waals surface area contributed by atoms with Gasteiger partial charge in [-0.3, -0.25) is 15.0 Å². The summed E-state index contributed by atoms with van der Waals surface area (Å²) in [6.07, 6.45) is 0. The van der Waals surface area contributed by atoms with Gasteiger partial charge in [0, 0.05) is 6.07 Å². The van der Waals surface area contributed by atoms with Crippen molar-refractivity contribution < 1.29 is 33.1 Å². The molecule has 0 saturated carbocycles. The maximum absolute atomic E-state index is 14.7. The summed E-state index contributed by atoms with van der Waals surface area (Å²) >= 11 is 0. The zero-order valence-electron chi connectivity index (χ0n) is 18.8. The summed E-state index contributed by atoms with van der Waals surface area (Å²) in [5.41, 5.74) is 4.27. The summed E-state index contributed by atoms with van der Waals surface area (Å²) < 4.78 is 29.3. The zero-order chi connectivity index (χ0) is 25.9. The predicted octanol–water partition coefficient (Wildman–Crippen LogP) is 2.64. The molecular weight excluding hydrogens is 463 g/mol. The normalized spacial score (nSPS) is 15.4. The molecule has 0 amide bonds. The number of nitro groups is 1. The third-order valence-electron chi connectivity index (χ3n) is 5.30. The van der Waals surface area contributed by atoms with E-state index in [1.54, 1.807) is 30.3 Å². The lowest BCUT2D eigenvalue weighted by atomic mass is 9.81. The van der Waals surface area contributed by atoms with Crippen molar-refractivity contribution in [1.82, 2.24) is 0 Å². The number of hydrogen-bond donors (Lipinski definition) is 1. The summed E-state index contributed by atoms with van der Waals surface area (Å²) in [6.45, 7) is 0. The van der Waals surface area contributed by atoms with Gasteiger partial charge in [0.15, 0.2) is 11.6 Å². The van der Waals surface area contributed by atoms with E-state index in [-0.39, 0.29) is 11.1 Å². The van der Waals surface area contributed by atoms with Crippen molar-refractivity contribution in [3.05, 3.63) is 86.6 Å². The molecular formula is C23H19FN4O7. The average molecular weight is 482 g/mol. The fourth-order valence-electron chi connectivity index (χ4n) is 3.78. The molecule has 0 radical (unpaired) electrons. The quantitative estimate of drug-likeness (QED) is 0.368. The fourth-order valence-corrected chi connectivity index (χ4v) is 3.78. The van der Waals surface area contributed by atoms with Crippen LogP contribution in [0.15, 0.2) is 65.1 Å². The first-order valence-electron chi connectivity index (χ1n) is 9.89. The number of nitrogens with zero attached hydrogens (tertiary/aromatic N) is 3. The van der Waals surface area contributed by atoms with Gasteiger partial charge in [0.2, 0.25) is 0 Å². The molecule has 2 aromatic carbocycles. The molecule has 0 aromatic heterocycles. The number of esters is 2. The molecule has 0 aliphatic carbocycles. The second-order valence-corrected chi connectivity index (χ2v) is 7.07. The van der Waals surface area contributed by atoms with Gasteiger partial charge >= 0.3 is 11.9 Å². The lowest BCUT2D eigenvalue weighted by molar-refractivity contribution is -0.384. The van der Waals surface area contributed by atoms with Gasteiger partial charge < -0.3 is 19.9 Å². The van der Waals surface area contributed by atoms with Crippen molar-refractivity contribution in [2.75, 3.05) is 26.2 Å². The van der Waals surface area contributed by atoms with Crippen LogP contribution in [-0.2, 0) is 19.1 Å². The first-order valence-corrected chi connectivity index (χ1v) is 9.89. The molecule has 35 heavy (non-hydrogen) atoms. The highest BCUT2D eigenvalue weighted by atomic mass is 19.1. The Kier molecular flexibility index (Phi) is 7.00. The minimum atomic E-state index is -1.18. The van der Waals surface area contributed by atoms with E-state index >= 15 is 0 Å². The van der Waals surface area contributed by atoms with Gasteiger partial charge in [-0.05, 0) is 5.56 Å². The van der Waals surface area contributed by atoms with E-state index in [1.165, 1.54) is 0 Å². The Morgan fingerprint density at radius 1 is 1.14 bits per heavy atom. The molecule has 0 bridgehead atoms. The molecule has 2 N–H and O–H groups in total. The van der Waals surface area contributed by atoms with Crippen LogP contribution in [0.25, 0.3) is 0 Å². The van der Waals surface area contributed by atoms with Crippen LogP contribution in [0.4, 0.5) is 15.8 Å². The van der Waals surface area contributed by atoms with E-state index in [2.05, 4.69) is 0 Å². The smallest absolute Gasteiger partial charge is 0.355 e. The minimum absolute atomic E-state index is 0.227. The SMILES string of the molecule is COC(=O)C1=C(C(=O)OC)N(c2cc(F)c(OC)cc2[N+](=O)[O-])C(N)=C(C#N)C1c1ccccc1. The Morgan fingerprint density at radius 2 is 1.77 bits per heavy atom. The van der Waals surface area contributed by atoms with Crippen LogP contribution in [-0.4, -0.2) is 38.2 Å². The van der Waals surface area contributed by atoms with Crippen molar-refractivity contribution >= 4 is 23.3 Å². The molecule has 0 saturated heterocycles. The number of nitro benzene ring substituents is 1. The van der Waals surface area contributed by atoms with Gasteiger partial charge in [0.1, 0.15) is 17.2 Å². The minimum Gasteiger partial charge on any atom is -0.493 e. The van der Waals surface area contributed by atoms with E-state index in [0.717, 1.165) is 32.3 Å². The number of methoxy groups -OCH3 is 3. The molecule has 1 unspecified atom stereocenters. The van der Waals surface area contributed by atoms with E-state index in [0.29, 0.717) is 11.6 Å². The van der Waals surface area contributed by atoms with Crippen LogP contribution < -0.4 is 15.4 Å². The number of allylic oxidation sites excluding steroid dienone is 1. The molecule has 2 aromatic rings. The second kappa shape index (κ2) is 9.92. The third kappa shape index (κ3) is 4.22. The Bertz CT molecular complexity index is 1320. The molecule has 0 fully saturated rings. The topological polar surface area (TPSA) is 158 Å². The summed E-state index contributed by atoms with van der Waals surface area (Å²) in [5, 5.41) is 21.9. The van der Waals surface area contributed by atoms with Crippen LogP contribution in [0.3, 0.4) is 0 Å². The number of nitriles is 1. The molecule has 1 aliphatic rings. The van der Waals surface area contributed by atoms with E-state index in [4.69, 9.17) is 19.9 Å². The number of anilines is 1. The van der Waals surface area contributed by atoms with Gasteiger partial charge in [-0.1, -0.05) is 30.3 Å². The number of ether oxygens (including phenoxy) is 3. The second-order valence-electron chi connectivity index (χ2n) is 7.07. The first kappa shape index (κ1) is 24.7. The summed E-state index contributed by atoms with van der Waals surface area (Å²) in [5.74, 6) is -5.24. The van der Waals surface area contributed by atoms with Crippen LogP contribution in [0.1, 0.15) is 11.5 Å². The lowest BCUT2D eigenvalue weighted by Crippen LogP contribution is -2.41. The van der Waals surface area contributed by atoms with Crippen LogP contribution in [0.5, 0.6) is 5.75 Å². The maximum atomic E-state index is 14.7. The number of halogens is 1. The van der Waals surface area contributed by atoms with Gasteiger partial charge in [0.25, 0.3) is 5.69 Å². The number of nitrogens with two attached hydrogens (primary N) is 1. The fraction of sp³-hybridized carbons (Fsp3) is 0.174. The highest BCUT2D eigenvalue weighted by molar-refractivity contribution is 6.06. The van der Waals surface area contributed by atoms with Crippen molar-refractivity contribution in [2.24, 2.45) is 5.73 Å². The van der Waals surface area contributed by atoms with Crippen molar-refractivity contribution in [2.45, 2.75) is 5.92 Å². The molecule has 180 valence electrons. The van der Waals surface area contributed by atoms with Gasteiger partial charge in [0.05, 0.1) is 55.5 Å². The van der Waals surface area contributed by atoms with Crippen LogP contribution in [0.2, 0.25) is 0 Å². The Hall–Kier alpha value is -4.92. The van der Waals surface area contributed by atoms with Crippen LogP contribution in [0, 0.1) is 27.3 Å². The maximum Gasteiger partial charge on any atom is 0.355 e. The summed E-state index contributed by atoms with van der Waals surface area (Å²) in [7, 11) is 3.19. The van der Waals surface area contributed by atoms with Crippen molar-refractivity contribution in [3.63, 3.8) is 0 Å². The number of benzene rings is 2. The van der Waals surface area contributed by atoms with E-state index in [1.807, 2.05) is 6.07 Å². The van der Waals surface area contributed by atoms with Crippen molar-refractivity contribution in [3.8, 4) is 11.8 Å². The largest absolute Gasteiger partial charge is 0.493 e. The molecule has 12 heteroatoms. The van der Waals surface area contributed by atoms with Gasteiger partial charge in [-0.15, -0.1) is 0 Å². The van der Waals surface area contributed by atoms with Crippen molar-refractivity contribution in [1.29, 1.82) is 5.26 Å². The molecule has 1 heterocycles. The Balaban J connectivity index is 2.50. The Labute approximate surface area is 198 Å². The average Bonchev–Trinajstić information content (AvgIpc) is 2.87. The summed E-state index contributed by atoms with van der Waals surface area (Å²) in [4.78, 5) is 37.8. The molecule has 0 spiro atoms. The third-order valence-corrected chi connectivity index (χ3v) is 5.30. The number of rotatable bonds is 6. The monoisotopic (exact) mass is 482 g/mol. The van der Waals surface area contributed by atoms with E-state index in [9.17, 15) is 29.4 Å². The standard InChI is InChI=1S/C23H19FN4O7/c1-33-17-10-16(28(31)32)15(9-14(17)24)27-20(23(30)35-3)19(22(29)34-2)18(13(11-25)21(27)26)12-7-5-4-6-8-12/h4-10,18H,26H2,1-3H3. The summed E-state index contributed by atoms with van der Waals surface area (Å²) in [6, 6.07) is 11.6. The molecule has 3 rings (SSSR count). The molecule has 1 atom stereocenters. The zero-order valence-corrected chi connectivity index (χ0v) is 18.8. The Morgan fingerprint density at radius 3 is 2.29 bits per heavy atom. The van der Waals surface area contributed by atoms with E-state index < -0.39 is 57.2 Å². The molecule has 1 aliphatic heterocycles. The number of hydrogen-bond acceptors (Lipinski definition) is 10. The highest BCUT2D eigenvalue weighted by Gasteiger charge is 2.44. The van der Waals surface area contributed by atoms with Gasteiger partial charge in [-0.25, -0.2) is 14.0 Å². The predicted molar refractivity (Wildman–Crippen MR) is 119 cm³/mol. The molecule has 11 nitrogen and oxygen atoms in total.